The van der Waals surface area contributed by atoms with Gasteiger partial charge >= 0.3 is 6.03 Å². The van der Waals surface area contributed by atoms with Gasteiger partial charge in [0.05, 0.1) is 16.1 Å². The number of nitrogens with one attached hydrogen (secondary N) is 3. The molecule has 3 amide bonds. The highest BCUT2D eigenvalue weighted by Crippen LogP contribution is 2.24. The number of urea groups is 1. The van der Waals surface area contributed by atoms with Crippen LogP contribution < -0.4 is 21.6 Å². The van der Waals surface area contributed by atoms with Crippen molar-refractivity contribution in [2.45, 2.75) is 27.3 Å². The zero-order chi connectivity index (χ0) is 21.1. The van der Waals surface area contributed by atoms with Crippen LogP contribution in [-0.2, 0) is 6.54 Å². The van der Waals surface area contributed by atoms with E-state index in [2.05, 4.69) is 21.2 Å². The standard InChI is InChI=1S/C20H20ClN5O3/c1-4-26-10-14(17(27)13-9-8-12(3)22-18(13)26)19(28)24-25-20(29)23-16-11(2)6-5-7-15(16)21/h5-10H,4H2,1-3H3,(H,24,28)(H2,23,25,29). The van der Waals surface area contributed by atoms with Crippen LogP contribution in [0.1, 0.15) is 28.5 Å². The van der Waals surface area contributed by atoms with E-state index in [9.17, 15) is 14.4 Å². The number of nitrogens with zero attached hydrogens (tertiary/aromatic N) is 2. The first-order valence-corrected chi connectivity index (χ1v) is 9.33. The topological polar surface area (TPSA) is 105 Å². The molecular formula is C20H20ClN5O3. The number of halogens is 1. The molecule has 0 radical (unpaired) electrons. The van der Waals surface area contributed by atoms with E-state index in [4.69, 9.17) is 11.6 Å². The smallest absolute Gasteiger partial charge is 0.332 e. The molecule has 3 N–H and O–H groups in total. The highest BCUT2D eigenvalue weighted by molar-refractivity contribution is 6.33. The molecule has 150 valence electrons. The zero-order valence-corrected chi connectivity index (χ0v) is 16.9. The first kappa shape index (κ1) is 20.3. The lowest BCUT2D eigenvalue weighted by Gasteiger charge is -2.13. The minimum Gasteiger partial charge on any atom is -0.332 e. The molecule has 0 spiro atoms. The third-order valence-electron chi connectivity index (χ3n) is 4.40. The summed E-state index contributed by atoms with van der Waals surface area (Å²) in [5.41, 5.74) is 6.40. The van der Waals surface area contributed by atoms with Crippen LogP contribution in [0.4, 0.5) is 10.5 Å². The third-order valence-corrected chi connectivity index (χ3v) is 4.71. The van der Waals surface area contributed by atoms with Crippen molar-refractivity contribution < 1.29 is 9.59 Å². The number of aryl methyl sites for hydroxylation is 3. The molecule has 0 saturated heterocycles. The van der Waals surface area contributed by atoms with E-state index in [1.165, 1.54) is 6.20 Å². The number of hydrogen-bond donors (Lipinski definition) is 3. The van der Waals surface area contributed by atoms with Gasteiger partial charge in [-0.1, -0.05) is 23.7 Å². The normalized spacial score (nSPS) is 10.6. The predicted octanol–water partition coefficient (Wildman–Crippen LogP) is 3.15. The Kier molecular flexibility index (Phi) is 5.84. The fourth-order valence-electron chi connectivity index (χ4n) is 2.88. The Morgan fingerprint density at radius 2 is 1.90 bits per heavy atom. The van der Waals surface area contributed by atoms with Gasteiger partial charge in [-0.25, -0.2) is 15.2 Å². The van der Waals surface area contributed by atoms with Gasteiger partial charge in [0.1, 0.15) is 11.2 Å². The maximum Gasteiger partial charge on any atom is 0.337 e. The van der Waals surface area contributed by atoms with E-state index in [-0.39, 0.29) is 5.56 Å². The SMILES string of the molecule is CCn1cc(C(=O)NNC(=O)Nc2c(C)cccc2Cl)c(=O)c2ccc(C)nc21. The maximum absolute atomic E-state index is 12.7. The summed E-state index contributed by atoms with van der Waals surface area (Å²) in [5.74, 6) is -0.731. The van der Waals surface area contributed by atoms with Crippen LogP contribution in [-0.4, -0.2) is 21.5 Å². The molecule has 0 aliphatic rings. The van der Waals surface area contributed by atoms with Gasteiger partial charge in [-0.05, 0) is 44.5 Å². The van der Waals surface area contributed by atoms with Crippen molar-refractivity contribution in [2.24, 2.45) is 0 Å². The van der Waals surface area contributed by atoms with Crippen molar-refractivity contribution in [2.75, 3.05) is 5.32 Å². The highest BCUT2D eigenvalue weighted by atomic mass is 35.5. The van der Waals surface area contributed by atoms with Crippen LogP contribution >= 0.6 is 11.6 Å². The number of amides is 3. The zero-order valence-electron chi connectivity index (χ0n) is 16.2. The molecule has 0 aliphatic heterocycles. The summed E-state index contributed by atoms with van der Waals surface area (Å²) in [7, 11) is 0. The number of hydrazine groups is 1. The molecule has 9 heteroatoms. The molecule has 0 bridgehead atoms. The van der Waals surface area contributed by atoms with Crippen molar-refractivity contribution in [3.63, 3.8) is 0 Å². The molecule has 0 atom stereocenters. The quantitative estimate of drug-likeness (QED) is 0.573. The number of aromatic nitrogens is 2. The number of carbonyl (C=O) groups excluding carboxylic acids is 2. The Labute approximate surface area is 171 Å². The van der Waals surface area contributed by atoms with Crippen molar-refractivity contribution in [3.8, 4) is 0 Å². The molecule has 3 aromatic rings. The van der Waals surface area contributed by atoms with Gasteiger partial charge in [0.25, 0.3) is 5.91 Å². The monoisotopic (exact) mass is 413 g/mol. The van der Waals surface area contributed by atoms with Crippen molar-refractivity contribution >= 4 is 40.3 Å². The van der Waals surface area contributed by atoms with Gasteiger partial charge in [0.2, 0.25) is 5.43 Å². The molecule has 0 aliphatic carbocycles. The fraction of sp³-hybridized carbons (Fsp3) is 0.200. The van der Waals surface area contributed by atoms with Gasteiger partial charge in [-0.3, -0.25) is 15.0 Å². The number of para-hydroxylation sites is 1. The highest BCUT2D eigenvalue weighted by Gasteiger charge is 2.17. The van der Waals surface area contributed by atoms with Crippen LogP contribution in [0.15, 0.2) is 41.3 Å². The predicted molar refractivity (Wildman–Crippen MR) is 112 cm³/mol. The van der Waals surface area contributed by atoms with Gasteiger partial charge in [-0.2, -0.15) is 0 Å². The average molecular weight is 414 g/mol. The molecule has 0 unspecified atom stereocenters. The summed E-state index contributed by atoms with van der Waals surface area (Å²) in [5, 5.41) is 3.27. The number of rotatable bonds is 3. The molecule has 3 rings (SSSR count). The first-order valence-electron chi connectivity index (χ1n) is 8.95. The average Bonchev–Trinajstić information content (AvgIpc) is 2.69. The number of anilines is 1. The van der Waals surface area contributed by atoms with Crippen LogP contribution in [0.25, 0.3) is 11.0 Å². The van der Waals surface area contributed by atoms with E-state index >= 15 is 0 Å². The lowest BCUT2D eigenvalue weighted by Crippen LogP contribution is -2.45. The van der Waals surface area contributed by atoms with Crippen LogP contribution in [0.3, 0.4) is 0 Å². The second-order valence-corrected chi connectivity index (χ2v) is 6.85. The Morgan fingerprint density at radius 1 is 1.14 bits per heavy atom. The number of hydrogen-bond acceptors (Lipinski definition) is 4. The van der Waals surface area contributed by atoms with Gasteiger partial charge in [0, 0.05) is 18.4 Å². The second kappa shape index (κ2) is 8.32. The first-order chi connectivity index (χ1) is 13.8. The molecule has 2 aromatic heterocycles. The second-order valence-electron chi connectivity index (χ2n) is 6.45. The minimum absolute atomic E-state index is 0.0979. The Morgan fingerprint density at radius 3 is 2.59 bits per heavy atom. The minimum atomic E-state index is -0.731. The summed E-state index contributed by atoms with van der Waals surface area (Å²) >= 11 is 6.07. The molecule has 1 aromatic carbocycles. The molecule has 0 fully saturated rings. The lowest BCUT2D eigenvalue weighted by molar-refractivity contribution is 0.0936. The molecule has 2 heterocycles. The van der Waals surface area contributed by atoms with E-state index in [0.29, 0.717) is 28.3 Å². The number of fused-ring (bicyclic) bond motifs is 1. The van der Waals surface area contributed by atoms with Crippen LogP contribution in [0.2, 0.25) is 5.02 Å². The summed E-state index contributed by atoms with van der Waals surface area (Å²) in [6.45, 7) is 6.02. The Hall–Kier alpha value is -3.39. The molecular weight excluding hydrogens is 394 g/mol. The third kappa shape index (κ3) is 4.22. The van der Waals surface area contributed by atoms with E-state index in [0.717, 1.165) is 11.3 Å². The maximum atomic E-state index is 12.7. The fourth-order valence-corrected chi connectivity index (χ4v) is 3.15. The van der Waals surface area contributed by atoms with E-state index in [1.807, 2.05) is 13.8 Å². The molecule has 8 nitrogen and oxygen atoms in total. The van der Waals surface area contributed by atoms with Crippen molar-refractivity contribution in [1.29, 1.82) is 0 Å². The number of carbonyl (C=O) groups is 2. The summed E-state index contributed by atoms with van der Waals surface area (Å²) in [4.78, 5) is 41.7. The Balaban J connectivity index is 1.80. The van der Waals surface area contributed by atoms with Crippen molar-refractivity contribution in [3.05, 3.63) is 68.6 Å². The lowest BCUT2D eigenvalue weighted by atomic mass is 10.1. The van der Waals surface area contributed by atoms with Crippen molar-refractivity contribution in [1.82, 2.24) is 20.4 Å². The molecule has 0 saturated carbocycles. The van der Waals surface area contributed by atoms with E-state index in [1.54, 1.807) is 41.8 Å². The number of benzene rings is 1. The van der Waals surface area contributed by atoms with Crippen LogP contribution in [0.5, 0.6) is 0 Å². The summed E-state index contributed by atoms with van der Waals surface area (Å²) in [6, 6.07) is 7.85. The van der Waals surface area contributed by atoms with Gasteiger partial charge < -0.3 is 9.88 Å². The van der Waals surface area contributed by atoms with Gasteiger partial charge in [0.15, 0.2) is 0 Å². The molecule has 29 heavy (non-hydrogen) atoms. The summed E-state index contributed by atoms with van der Waals surface area (Å²) in [6.07, 6.45) is 1.43. The number of pyridine rings is 2. The largest absolute Gasteiger partial charge is 0.337 e. The Bertz CT molecular complexity index is 1150. The van der Waals surface area contributed by atoms with Crippen LogP contribution in [0, 0.1) is 13.8 Å². The summed E-state index contributed by atoms with van der Waals surface area (Å²) < 4.78 is 1.71. The van der Waals surface area contributed by atoms with Gasteiger partial charge in [-0.15, -0.1) is 0 Å². The van der Waals surface area contributed by atoms with E-state index < -0.39 is 17.4 Å².